The Balaban J connectivity index is -0.000000136. The topological polar surface area (TPSA) is 17.1 Å². The van der Waals surface area contributed by atoms with Gasteiger partial charge < -0.3 is 12.2 Å². The van der Waals surface area contributed by atoms with E-state index in [0.717, 1.165) is 11.1 Å². The smallest absolute Gasteiger partial charge is 0.122 e. The summed E-state index contributed by atoms with van der Waals surface area (Å²) in [6.45, 7) is 5.91. The summed E-state index contributed by atoms with van der Waals surface area (Å²) in [7, 11) is 0. The quantitative estimate of drug-likeness (QED) is 0.498. The van der Waals surface area contributed by atoms with Gasteiger partial charge in [-0.25, -0.2) is 0 Å². The number of rotatable bonds is 2. The summed E-state index contributed by atoms with van der Waals surface area (Å²) in [6, 6.07) is 8.46. The number of carbonyl (C=O) groups excluding carboxylic acids is 1. The van der Waals surface area contributed by atoms with Crippen LogP contribution in [0.4, 0.5) is 0 Å². The van der Waals surface area contributed by atoms with Crippen LogP contribution in [0.15, 0.2) is 18.2 Å². The van der Waals surface area contributed by atoms with E-state index in [-0.39, 0.29) is 67.6 Å². The molecule has 0 aliphatic carbocycles. The number of aldehydes is 1. The van der Waals surface area contributed by atoms with Crippen molar-refractivity contribution in [2.24, 2.45) is 0 Å². The molecule has 0 unspecified atom stereocenters. The van der Waals surface area contributed by atoms with Gasteiger partial charge in [0.1, 0.15) is 7.63 Å². The van der Waals surface area contributed by atoms with Gasteiger partial charge in [0.2, 0.25) is 0 Å². The fourth-order valence-corrected chi connectivity index (χ4v) is 0.818. The monoisotopic (exact) mass is 453 g/mol. The molecule has 1 rings (SSSR count). The molecular formula is C12H18OWY-2. The molecule has 0 fully saturated rings. The van der Waals surface area contributed by atoms with Crippen molar-refractivity contribution in [3.8, 4) is 0 Å². The van der Waals surface area contributed by atoms with Crippen molar-refractivity contribution in [2.75, 3.05) is 0 Å². The first kappa shape index (κ1) is 21.0. The van der Waals surface area contributed by atoms with Crippen LogP contribution in [0.3, 0.4) is 0 Å². The molecule has 0 aliphatic rings. The van der Waals surface area contributed by atoms with Crippen molar-refractivity contribution in [1.82, 2.24) is 0 Å². The molecule has 1 aromatic rings. The van der Waals surface area contributed by atoms with Crippen LogP contribution in [-0.2, 0) is 65.0 Å². The van der Waals surface area contributed by atoms with Crippen molar-refractivity contribution in [3.05, 3.63) is 42.8 Å². The van der Waals surface area contributed by atoms with Crippen LogP contribution in [0.5, 0.6) is 0 Å². The van der Waals surface area contributed by atoms with Gasteiger partial charge >= 0.3 is 0 Å². The molecule has 0 amide bonds. The number of benzene rings is 1. The van der Waals surface area contributed by atoms with Gasteiger partial charge in [-0.2, -0.15) is 35.4 Å². The first-order chi connectivity index (χ1) is 6.20. The Morgan fingerprint density at radius 1 is 1.53 bits per heavy atom. The second-order valence-electron chi connectivity index (χ2n) is 2.15. The van der Waals surface area contributed by atoms with Gasteiger partial charge in [0.25, 0.3) is 0 Å². The van der Waals surface area contributed by atoms with Crippen LogP contribution in [0.1, 0.15) is 26.3 Å². The van der Waals surface area contributed by atoms with Crippen LogP contribution in [-0.4, -0.2) is 6.26 Å². The Bertz CT molecular complexity index is 279. The molecule has 1 aromatic carbocycles. The molecule has 0 saturated carbocycles. The van der Waals surface area contributed by atoms with E-state index < -0.39 is 6.26 Å². The van der Waals surface area contributed by atoms with Crippen molar-refractivity contribution >= 4 is 6.26 Å². The predicted molar refractivity (Wildman–Crippen MR) is 57.5 cm³/mol. The van der Waals surface area contributed by atoms with Crippen LogP contribution >= 0.6 is 0 Å². The molecule has 15 heavy (non-hydrogen) atoms. The van der Waals surface area contributed by atoms with E-state index in [0.29, 0.717) is 0 Å². The molecule has 0 heterocycles. The van der Waals surface area contributed by atoms with Crippen molar-refractivity contribution in [2.45, 2.75) is 27.2 Å². The second-order valence-corrected chi connectivity index (χ2v) is 2.15. The molecular weight excluding hydrogens is 433 g/mol. The Morgan fingerprint density at radius 2 is 2.07 bits per heavy atom. The molecule has 83 valence electrons. The molecule has 0 atom stereocenters. The molecule has 0 N–H and O–H groups in total. The summed E-state index contributed by atoms with van der Waals surface area (Å²) in [6.07, 6.45) is -0.386. The van der Waals surface area contributed by atoms with Gasteiger partial charge in [0, 0.05) is 60.2 Å². The van der Waals surface area contributed by atoms with Crippen molar-refractivity contribution < 1.29 is 59.9 Å². The van der Waals surface area contributed by atoms with E-state index in [2.05, 4.69) is 6.07 Å². The zero-order chi connectivity index (χ0) is 10.3. The van der Waals surface area contributed by atoms with Crippen LogP contribution < -0.4 is 0 Å². The summed E-state index contributed by atoms with van der Waals surface area (Å²) in [5.74, 6) is 0. The first-order valence-electron chi connectivity index (χ1n) is 4.66. The zero-order valence-corrected chi connectivity index (χ0v) is 15.6. The third-order valence-corrected chi connectivity index (χ3v) is 1.42. The van der Waals surface area contributed by atoms with Crippen molar-refractivity contribution in [3.63, 3.8) is 0 Å². The Hall–Kier alpha value is 0.682. The number of aryl methyl sites for hydroxylation is 1. The molecule has 3 heteroatoms. The fraction of sp³-hybridized carbons (Fsp3) is 0.333. The van der Waals surface area contributed by atoms with Gasteiger partial charge in [-0.05, 0) is 0 Å². The maximum Gasteiger partial charge on any atom is 0.122 e. The molecule has 0 aliphatic heterocycles. The maximum atomic E-state index is 10.4. The van der Waals surface area contributed by atoms with Crippen LogP contribution in [0.25, 0.3) is 0 Å². The van der Waals surface area contributed by atoms with Gasteiger partial charge in [0.15, 0.2) is 0 Å². The Kier molecular flexibility index (Phi) is 23.9. The first-order valence-corrected chi connectivity index (χ1v) is 4.16. The number of carbonyl (C=O) groups is 1. The minimum Gasteiger partial charge on any atom is -0.358 e. The van der Waals surface area contributed by atoms with Gasteiger partial charge in [-0.3, -0.25) is 0 Å². The maximum absolute atomic E-state index is 10.4. The largest absolute Gasteiger partial charge is 0.358 e. The Morgan fingerprint density at radius 3 is 2.47 bits per heavy atom. The van der Waals surface area contributed by atoms with Crippen LogP contribution in [0, 0.1) is 20.4 Å². The van der Waals surface area contributed by atoms with Crippen LogP contribution in [0.2, 0.25) is 0 Å². The van der Waals surface area contributed by atoms with Gasteiger partial charge in [0.05, 0.1) is 0 Å². The SMILES string of the molecule is CC.[3H]C(=O)Cc1[c-]cccc1C.[CH3-].[W].[Y]. The fourth-order valence-electron chi connectivity index (χ4n) is 0.818. The van der Waals surface area contributed by atoms with E-state index in [4.69, 9.17) is 1.37 Å². The molecule has 0 aromatic heterocycles. The summed E-state index contributed by atoms with van der Waals surface area (Å²) in [4.78, 5) is 10.4. The normalized spacial score (nSPS) is 7.53. The van der Waals surface area contributed by atoms with E-state index >= 15 is 0 Å². The molecule has 0 bridgehead atoms. The van der Waals surface area contributed by atoms with E-state index in [1.54, 1.807) is 6.07 Å². The minimum atomic E-state index is -0.560. The summed E-state index contributed by atoms with van der Waals surface area (Å²) in [5.41, 5.74) is 1.85. The molecule has 1 nitrogen and oxygen atoms in total. The summed E-state index contributed by atoms with van der Waals surface area (Å²) >= 11 is 0. The second kappa shape index (κ2) is 17.1. The molecule has 1 radical (unpaired) electrons. The third-order valence-electron chi connectivity index (χ3n) is 1.42. The van der Waals surface area contributed by atoms with E-state index in [1.807, 2.05) is 32.9 Å². The van der Waals surface area contributed by atoms with Crippen molar-refractivity contribution in [1.29, 1.82) is 0 Å². The number of hydrogen-bond donors (Lipinski definition) is 0. The summed E-state index contributed by atoms with van der Waals surface area (Å²) in [5, 5.41) is 0. The summed E-state index contributed by atoms with van der Waals surface area (Å²) < 4.78 is 6.75. The van der Waals surface area contributed by atoms with Gasteiger partial charge in [-0.15, -0.1) is 0 Å². The predicted octanol–water partition coefficient (Wildman–Crippen LogP) is 3.01. The molecule has 0 spiro atoms. The van der Waals surface area contributed by atoms with E-state index in [9.17, 15) is 4.79 Å². The average molecular weight is 453 g/mol. The third kappa shape index (κ3) is 11.0. The minimum absolute atomic E-state index is 0. The van der Waals surface area contributed by atoms with E-state index in [1.165, 1.54) is 0 Å². The zero-order valence-electron chi connectivity index (χ0n) is 10.8. The number of hydrogen-bond acceptors (Lipinski definition) is 1. The van der Waals surface area contributed by atoms with Gasteiger partial charge in [-0.1, -0.05) is 20.8 Å². The average Bonchev–Trinajstić information content (AvgIpc) is 2.12. The molecule has 0 saturated heterocycles. The standard InChI is InChI=1S/C9H9O.C2H6.CH3.W.Y/c1-8-4-2-3-5-9(8)6-7-10;1-2;;;/h2-4,7H,6H2,1H3;1-2H3;1H3;;/q-1;;-1;;/i7T;;;;. The Labute approximate surface area is 135 Å².